The molecular formula is C25H29N3O6S2. The van der Waals surface area contributed by atoms with Crippen LogP contribution in [0.5, 0.6) is 5.75 Å². The molecule has 1 atom stereocenters. The minimum absolute atomic E-state index is 0.0181. The van der Waals surface area contributed by atoms with Crippen molar-refractivity contribution in [2.75, 3.05) is 27.7 Å². The predicted molar refractivity (Wildman–Crippen MR) is 142 cm³/mol. The SMILES string of the molecule is COc1ccc(N(C(C)C(=O)Nc2ccc(S(=O)(=O)Nc3ccc(C)cc3C)cc2)S(C)(=O)=O)cc1. The number of rotatable bonds is 9. The molecule has 0 aliphatic heterocycles. The Bertz CT molecular complexity index is 1450. The van der Waals surface area contributed by atoms with E-state index in [0.717, 1.165) is 21.7 Å². The molecule has 3 aromatic carbocycles. The molecule has 9 nitrogen and oxygen atoms in total. The Morgan fingerprint density at radius 3 is 2.06 bits per heavy atom. The van der Waals surface area contributed by atoms with Crippen LogP contribution in [0.3, 0.4) is 0 Å². The van der Waals surface area contributed by atoms with Gasteiger partial charge >= 0.3 is 0 Å². The molecule has 1 amide bonds. The third kappa shape index (κ3) is 6.35. The topological polar surface area (TPSA) is 122 Å². The molecule has 2 N–H and O–H groups in total. The Morgan fingerprint density at radius 2 is 1.53 bits per heavy atom. The van der Waals surface area contributed by atoms with Crippen molar-refractivity contribution < 1.29 is 26.4 Å². The lowest BCUT2D eigenvalue weighted by atomic mass is 10.1. The van der Waals surface area contributed by atoms with Gasteiger partial charge in [-0.2, -0.15) is 0 Å². The number of methoxy groups -OCH3 is 1. The fourth-order valence-corrected chi connectivity index (χ4v) is 5.94. The van der Waals surface area contributed by atoms with E-state index in [1.807, 2.05) is 26.0 Å². The average Bonchev–Trinajstić information content (AvgIpc) is 2.81. The molecule has 36 heavy (non-hydrogen) atoms. The van der Waals surface area contributed by atoms with Crippen molar-refractivity contribution in [3.63, 3.8) is 0 Å². The van der Waals surface area contributed by atoms with Gasteiger partial charge in [0, 0.05) is 5.69 Å². The van der Waals surface area contributed by atoms with E-state index >= 15 is 0 Å². The Labute approximate surface area is 212 Å². The lowest BCUT2D eigenvalue weighted by Crippen LogP contribution is -2.45. The van der Waals surface area contributed by atoms with Crippen molar-refractivity contribution in [2.45, 2.75) is 31.7 Å². The van der Waals surface area contributed by atoms with Crippen LogP contribution in [0.1, 0.15) is 18.1 Å². The average molecular weight is 532 g/mol. The van der Waals surface area contributed by atoms with Crippen LogP contribution in [0.25, 0.3) is 0 Å². The normalized spacial score (nSPS) is 12.5. The lowest BCUT2D eigenvalue weighted by molar-refractivity contribution is -0.116. The molecule has 3 aromatic rings. The number of carbonyl (C=O) groups excluding carboxylic acids is 1. The lowest BCUT2D eigenvalue weighted by Gasteiger charge is -2.28. The van der Waals surface area contributed by atoms with E-state index < -0.39 is 32.0 Å². The molecule has 0 heterocycles. The molecule has 0 aromatic heterocycles. The van der Waals surface area contributed by atoms with Gasteiger partial charge in [-0.15, -0.1) is 0 Å². The first-order valence-corrected chi connectivity index (χ1v) is 14.3. The van der Waals surface area contributed by atoms with E-state index in [1.54, 1.807) is 30.3 Å². The van der Waals surface area contributed by atoms with E-state index in [0.29, 0.717) is 22.8 Å². The number of hydrogen-bond acceptors (Lipinski definition) is 6. The van der Waals surface area contributed by atoms with E-state index in [-0.39, 0.29) is 4.90 Å². The zero-order valence-corrected chi connectivity index (χ0v) is 22.3. The largest absolute Gasteiger partial charge is 0.497 e. The van der Waals surface area contributed by atoms with E-state index in [1.165, 1.54) is 38.3 Å². The van der Waals surface area contributed by atoms with Gasteiger partial charge in [-0.1, -0.05) is 17.7 Å². The van der Waals surface area contributed by atoms with Gasteiger partial charge in [0.2, 0.25) is 15.9 Å². The van der Waals surface area contributed by atoms with Crippen LogP contribution >= 0.6 is 0 Å². The first-order valence-electron chi connectivity index (χ1n) is 11.0. The van der Waals surface area contributed by atoms with Crippen LogP contribution < -0.4 is 19.1 Å². The maximum atomic E-state index is 12.9. The summed E-state index contributed by atoms with van der Waals surface area (Å²) in [6, 6.07) is 16.2. The zero-order chi connectivity index (χ0) is 26.7. The monoisotopic (exact) mass is 531 g/mol. The number of nitrogens with zero attached hydrogens (tertiary/aromatic N) is 1. The van der Waals surface area contributed by atoms with Gasteiger partial charge in [0.05, 0.1) is 29.6 Å². The molecule has 0 spiro atoms. The van der Waals surface area contributed by atoms with Crippen LogP contribution in [-0.4, -0.2) is 42.2 Å². The number of aryl methyl sites for hydroxylation is 2. The minimum Gasteiger partial charge on any atom is -0.497 e. The molecule has 0 fully saturated rings. The van der Waals surface area contributed by atoms with Crippen molar-refractivity contribution in [1.29, 1.82) is 0 Å². The van der Waals surface area contributed by atoms with E-state index in [4.69, 9.17) is 4.74 Å². The van der Waals surface area contributed by atoms with Crippen molar-refractivity contribution >= 4 is 43.0 Å². The highest BCUT2D eigenvalue weighted by Gasteiger charge is 2.29. The third-order valence-corrected chi connectivity index (χ3v) is 8.10. The number of hydrogen-bond donors (Lipinski definition) is 2. The quantitative estimate of drug-likeness (QED) is 0.432. The smallest absolute Gasteiger partial charge is 0.261 e. The van der Waals surface area contributed by atoms with Gasteiger partial charge < -0.3 is 10.1 Å². The fraction of sp³-hybridized carbons (Fsp3) is 0.240. The van der Waals surface area contributed by atoms with Crippen molar-refractivity contribution in [3.05, 3.63) is 77.9 Å². The summed E-state index contributed by atoms with van der Waals surface area (Å²) < 4.78 is 59.2. The summed E-state index contributed by atoms with van der Waals surface area (Å²) in [5, 5.41) is 2.65. The number of amides is 1. The molecule has 3 rings (SSSR count). The summed E-state index contributed by atoms with van der Waals surface area (Å²) in [5.74, 6) is -0.0355. The van der Waals surface area contributed by atoms with Crippen LogP contribution in [0.4, 0.5) is 17.1 Å². The second kappa shape index (κ2) is 10.6. The van der Waals surface area contributed by atoms with Gasteiger partial charge in [0.15, 0.2) is 0 Å². The molecule has 11 heteroatoms. The molecule has 0 saturated heterocycles. The van der Waals surface area contributed by atoms with Gasteiger partial charge in [0.1, 0.15) is 11.8 Å². The predicted octanol–water partition coefficient (Wildman–Crippen LogP) is 3.91. The number of carbonyl (C=O) groups is 1. The third-order valence-electron chi connectivity index (χ3n) is 5.47. The second-order valence-corrected chi connectivity index (χ2v) is 11.9. The number of sulfonamides is 2. The number of ether oxygens (including phenoxy) is 1. The van der Waals surface area contributed by atoms with Crippen molar-refractivity contribution in [1.82, 2.24) is 0 Å². The summed E-state index contributed by atoms with van der Waals surface area (Å²) in [5.41, 5.74) is 2.92. The highest BCUT2D eigenvalue weighted by molar-refractivity contribution is 7.92. The summed E-state index contributed by atoms with van der Waals surface area (Å²) in [7, 11) is -6.14. The number of anilines is 3. The highest BCUT2D eigenvalue weighted by atomic mass is 32.2. The molecular weight excluding hydrogens is 502 g/mol. The summed E-state index contributed by atoms with van der Waals surface area (Å²) in [4.78, 5) is 12.9. The molecule has 192 valence electrons. The maximum absolute atomic E-state index is 12.9. The number of benzene rings is 3. The Balaban J connectivity index is 1.76. The summed E-state index contributed by atoms with van der Waals surface area (Å²) in [6.45, 7) is 5.20. The standard InChI is InChI=1S/C25H29N3O6S2/c1-17-6-15-24(18(2)16-17)27-36(32,33)23-13-7-20(8-14-23)26-25(29)19(3)28(35(5,30)31)21-9-11-22(34-4)12-10-21/h6-16,19,27H,1-5H3,(H,26,29). The van der Waals surface area contributed by atoms with Gasteiger partial charge in [-0.3, -0.25) is 13.8 Å². The zero-order valence-electron chi connectivity index (χ0n) is 20.6. The van der Waals surface area contributed by atoms with Crippen LogP contribution in [0, 0.1) is 13.8 Å². The van der Waals surface area contributed by atoms with Gasteiger partial charge in [-0.25, -0.2) is 16.8 Å². The first-order chi connectivity index (χ1) is 16.8. The van der Waals surface area contributed by atoms with E-state index in [2.05, 4.69) is 10.0 Å². The van der Waals surface area contributed by atoms with Crippen LogP contribution in [0.15, 0.2) is 71.6 Å². The van der Waals surface area contributed by atoms with Gasteiger partial charge in [-0.05, 0) is 80.9 Å². The second-order valence-electron chi connectivity index (χ2n) is 8.37. The minimum atomic E-state index is -3.85. The first kappa shape index (κ1) is 27.0. The Kier molecular flexibility index (Phi) is 7.95. The summed E-state index contributed by atoms with van der Waals surface area (Å²) in [6.07, 6.45) is 1.02. The molecule has 1 unspecified atom stereocenters. The van der Waals surface area contributed by atoms with Crippen LogP contribution in [-0.2, 0) is 24.8 Å². The highest BCUT2D eigenvalue weighted by Crippen LogP contribution is 2.25. The van der Waals surface area contributed by atoms with Crippen molar-refractivity contribution in [2.24, 2.45) is 0 Å². The Hall–Kier alpha value is -3.57. The molecule has 0 radical (unpaired) electrons. The summed E-state index contributed by atoms with van der Waals surface area (Å²) >= 11 is 0. The molecule has 0 aliphatic carbocycles. The number of nitrogens with one attached hydrogen (secondary N) is 2. The van der Waals surface area contributed by atoms with Crippen molar-refractivity contribution in [3.8, 4) is 5.75 Å². The van der Waals surface area contributed by atoms with Crippen LogP contribution in [0.2, 0.25) is 0 Å². The molecule has 0 aliphatic rings. The van der Waals surface area contributed by atoms with E-state index in [9.17, 15) is 21.6 Å². The fourth-order valence-electron chi connectivity index (χ4n) is 3.63. The molecule has 0 saturated carbocycles. The maximum Gasteiger partial charge on any atom is 0.261 e. The van der Waals surface area contributed by atoms with Gasteiger partial charge in [0.25, 0.3) is 10.0 Å². The Morgan fingerprint density at radius 1 is 0.917 bits per heavy atom. The molecule has 0 bridgehead atoms.